The van der Waals surface area contributed by atoms with Crippen LogP contribution >= 0.6 is 0 Å². The summed E-state index contributed by atoms with van der Waals surface area (Å²) in [4.78, 5) is 22.4. The van der Waals surface area contributed by atoms with Crippen molar-refractivity contribution in [2.75, 3.05) is 31.9 Å². The molecule has 8 nitrogen and oxygen atoms in total. The van der Waals surface area contributed by atoms with Gasteiger partial charge in [-0.15, -0.1) is 0 Å². The Kier molecular flexibility index (Phi) is 4.57. The van der Waals surface area contributed by atoms with Gasteiger partial charge in [0.05, 0.1) is 13.2 Å². The Morgan fingerprint density at radius 1 is 1.26 bits per heavy atom. The number of aromatic nitrogens is 2. The molecule has 1 saturated heterocycles. The zero-order chi connectivity index (χ0) is 19.0. The van der Waals surface area contributed by atoms with Crippen molar-refractivity contribution in [2.24, 2.45) is 0 Å². The lowest BCUT2D eigenvalue weighted by Crippen LogP contribution is -2.43. The van der Waals surface area contributed by atoms with E-state index in [4.69, 9.17) is 14.2 Å². The molecule has 4 rings (SSSR count). The summed E-state index contributed by atoms with van der Waals surface area (Å²) in [5.74, 6) is 1.36. The van der Waals surface area contributed by atoms with E-state index in [1.807, 2.05) is 23.1 Å². The lowest BCUT2D eigenvalue weighted by atomic mass is 9.87. The van der Waals surface area contributed by atoms with Crippen LogP contribution in [0.4, 0.5) is 5.95 Å². The predicted octanol–water partition coefficient (Wildman–Crippen LogP) is 1.66. The molecule has 1 N–H and O–H groups in total. The summed E-state index contributed by atoms with van der Waals surface area (Å²) in [5, 5.41) is 10.7. The third kappa shape index (κ3) is 3.40. The number of piperidine rings is 1. The smallest absolute Gasteiger partial charge is 0.356 e. The highest BCUT2D eigenvalue weighted by Crippen LogP contribution is 2.37. The molecule has 0 unspecified atom stereocenters. The monoisotopic (exact) mass is 371 g/mol. The quantitative estimate of drug-likeness (QED) is 0.814. The Morgan fingerprint density at radius 2 is 2.07 bits per heavy atom. The zero-order valence-electron chi connectivity index (χ0n) is 15.2. The van der Waals surface area contributed by atoms with Crippen LogP contribution in [0, 0.1) is 6.92 Å². The molecule has 2 aliphatic rings. The number of anilines is 1. The summed E-state index contributed by atoms with van der Waals surface area (Å²) in [5.41, 5.74) is 1.91. The lowest BCUT2D eigenvalue weighted by Gasteiger charge is -2.36. The maximum atomic E-state index is 11.8. The molecule has 1 aromatic heterocycles. The van der Waals surface area contributed by atoms with E-state index >= 15 is 0 Å². The first-order chi connectivity index (χ1) is 13.0. The molecule has 0 radical (unpaired) electrons. The van der Waals surface area contributed by atoms with Gasteiger partial charge in [-0.2, -0.15) is 0 Å². The van der Waals surface area contributed by atoms with Crippen molar-refractivity contribution in [1.82, 2.24) is 9.97 Å². The number of rotatable bonds is 3. The Balaban J connectivity index is 1.52. The summed E-state index contributed by atoms with van der Waals surface area (Å²) in [6.07, 6.45) is 0.135. The van der Waals surface area contributed by atoms with Crippen molar-refractivity contribution in [2.45, 2.75) is 25.4 Å². The van der Waals surface area contributed by atoms with Gasteiger partial charge in [-0.25, -0.2) is 14.8 Å². The van der Waals surface area contributed by atoms with E-state index in [1.165, 1.54) is 7.11 Å². The second kappa shape index (κ2) is 7.03. The van der Waals surface area contributed by atoms with Gasteiger partial charge in [0, 0.05) is 24.7 Å². The summed E-state index contributed by atoms with van der Waals surface area (Å²) < 4.78 is 15.5. The number of fused-ring (bicyclic) bond motifs is 1. The molecule has 0 amide bonds. The average Bonchev–Trinajstić information content (AvgIpc) is 3.14. The van der Waals surface area contributed by atoms with Gasteiger partial charge in [0.15, 0.2) is 17.2 Å². The Hall–Kier alpha value is -2.87. The van der Waals surface area contributed by atoms with Gasteiger partial charge in [0.2, 0.25) is 12.7 Å². The van der Waals surface area contributed by atoms with Gasteiger partial charge in [0.1, 0.15) is 0 Å². The standard InChI is InChI=1S/C19H21N3O5/c1-11-7-14(18(24)25-2)21-19(20-11)22-6-5-13(15(23)9-22)12-3-4-16-17(8-12)27-10-26-16/h3-4,7-8,13,15,23H,5-6,9-10H2,1-2H3/t13-,15+/m0/s1. The number of aliphatic hydroxyl groups excluding tert-OH is 1. The first kappa shape index (κ1) is 17.5. The van der Waals surface area contributed by atoms with Crippen LogP contribution in [-0.4, -0.2) is 54.1 Å². The van der Waals surface area contributed by atoms with Crippen molar-refractivity contribution in [3.05, 3.63) is 41.2 Å². The fourth-order valence-corrected chi connectivity index (χ4v) is 3.55. The SMILES string of the molecule is COC(=O)c1cc(C)nc(N2CC[C@@H](c3ccc4c(c3)OCO4)[C@H](O)C2)n1. The van der Waals surface area contributed by atoms with Crippen LogP contribution in [0.2, 0.25) is 0 Å². The Labute approximate surface area is 156 Å². The van der Waals surface area contributed by atoms with E-state index in [0.29, 0.717) is 30.5 Å². The number of aliphatic hydroxyl groups is 1. The molecular weight excluding hydrogens is 350 g/mol. The molecule has 3 heterocycles. The number of hydrogen-bond acceptors (Lipinski definition) is 8. The molecule has 27 heavy (non-hydrogen) atoms. The van der Waals surface area contributed by atoms with Crippen molar-refractivity contribution in [1.29, 1.82) is 0 Å². The van der Waals surface area contributed by atoms with E-state index in [-0.39, 0.29) is 18.4 Å². The van der Waals surface area contributed by atoms with E-state index < -0.39 is 12.1 Å². The number of ether oxygens (including phenoxy) is 3. The van der Waals surface area contributed by atoms with E-state index in [9.17, 15) is 9.90 Å². The molecule has 0 saturated carbocycles. The third-order valence-corrected chi connectivity index (χ3v) is 4.93. The first-order valence-corrected chi connectivity index (χ1v) is 8.81. The minimum absolute atomic E-state index is 0.0133. The second-order valence-electron chi connectivity index (χ2n) is 6.71. The number of hydrogen-bond donors (Lipinski definition) is 1. The summed E-state index contributed by atoms with van der Waals surface area (Å²) in [7, 11) is 1.32. The van der Waals surface area contributed by atoms with E-state index in [0.717, 1.165) is 17.7 Å². The molecule has 0 bridgehead atoms. The summed E-state index contributed by atoms with van der Waals surface area (Å²) >= 11 is 0. The maximum Gasteiger partial charge on any atom is 0.356 e. The van der Waals surface area contributed by atoms with Crippen molar-refractivity contribution in [3.63, 3.8) is 0 Å². The summed E-state index contributed by atoms with van der Waals surface area (Å²) in [6.45, 7) is 3.07. The normalized spacial score (nSPS) is 21.2. The number of esters is 1. The molecule has 2 aromatic rings. The highest BCUT2D eigenvalue weighted by molar-refractivity contribution is 5.87. The number of carbonyl (C=O) groups excluding carboxylic acids is 1. The van der Waals surface area contributed by atoms with Gasteiger partial charge in [-0.05, 0) is 37.1 Å². The van der Waals surface area contributed by atoms with Gasteiger partial charge in [0.25, 0.3) is 0 Å². The molecule has 2 aliphatic heterocycles. The number of nitrogens with zero attached hydrogens (tertiary/aromatic N) is 3. The number of carbonyl (C=O) groups is 1. The van der Waals surface area contributed by atoms with Gasteiger partial charge in [-0.1, -0.05) is 6.07 Å². The van der Waals surface area contributed by atoms with Gasteiger partial charge < -0.3 is 24.2 Å². The maximum absolute atomic E-state index is 11.8. The average molecular weight is 371 g/mol. The van der Waals surface area contributed by atoms with Crippen LogP contribution in [0.3, 0.4) is 0 Å². The predicted molar refractivity (Wildman–Crippen MR) is 96.3 cm³/mol. The molecule has 0 spiro atoms. The molecule has 1 fully saturated rings. The molecule has 2 atom stereocenters. The summed E-state index contributed by atoms with van der Waals surface area (Å²) in [6, 6.07) is 7.37. The molecule has 1 aromatic carbocycles. The molecule has 8 heteroatoms. The second-order valence-corrected chi connectivity index (χ2v) is 6.71. The lowest BCUT2D eigenvalue weighted by molar-refractivity contribution is 0.0593. The van der Waals surface area contributed by atoms with Crippen molar-refractivity contribution < 1.29 is 24.1 Å². The van der Waals surface area contributed by atoms with Crippen LogP contribution in [0.1, 0.15) is 34.1 Å². The minimum atomic E-state index is -0.593. The fraction of sp³-hybridized carbons (Fsp3) is 0.421. The third-order valence-electron chi connectivity index (χ3n) is 4.93. The number of aryl methyl sites for hydroxylation is 1. The minimum Gasteiger partial charge on any atom is -0.464 e. The van der Waals surface area contributed by atoms with Crippen LogP contribution in [-0.2, 0) is 4.74 Å². The molecular formula is C19H21N3O5. The highest BCUT2D eigenvalue weighted by atomic mass is 16.7. The van der Waals surface area contributed by atoms with Gasteiger partial charge >= 0.3 is 5.97 Å². The number of methoxy groups -OCH3 is 1. The fourth-order valence-electron chi connectivity index (χ4n) is 3.55. The number of benzene rings is 1. The number of β-amino-alcohol motifs (C(OH)–C–C–N with tert-alkyl or cyclic N) is 1. The highest BCUT2D eigenvalue weighted by Gasteiger charge is 2.31. The van der Waals surface area contributed by atoms with E-state index in [2.05, 4.69) is 9.97 Å². The Morgan fingerprint density at radius 3 is 2.85 bits per heavy atom. The Bertz CT molecular complexity index is 872. The molecule has 0 aliphatic carbocycles. The molecule has 142 valence electrons. The van der Waals surface area contributed by atoms with Gasteiger partial charge in [-0.3, -0.25) is 0 Å². The zero-order valence-corrected chi connectivity index (χ0v) is 15.2. The first-order valence-electron chi connectivity index (χ1n) is 8.81. The topological polar surface area (TPSA) is 94.0 Å². The van der Waals surface area contributed by atoms with Crippen LogP contribution < -0.4 is 14.4 Å². The van der Waals surface area contributed by atoms with Crippen molar-refractivity contribution >= 4 is 11.9 Å². The van der Waals surface area contributed by atoms with Crippen molar-refractivity contribution in [3.8, 4) is 11.5 Å². The van der Waals surface area contributed by atoms with Crippen LogP contribution in [0.5, 0.6) is 11.5 Å². The van der Waals surface area contributed by atoms with Crippen LogP contribution in [0.25, 0.3) is 0 Å². The van der Waals surface area contributed by atoms with E-state index in [1.54, 1.807) is 13.0 Å². The van der Waals surface area contributed by atoms with Crippen LogP contribution in [0.15, 0.2) is 24.3 Å². The largest absolute Gasteiger partial charge is 0.464 e.